The molecule has 0 saturated carbocycles. The van der Waals surface area contributed by atoms with Gasteiger partial charge in [-0.05, 0) is 31.4 Å². The lowest BCUT2D eigenvalue weighted by atomic mass is 10.1. The van der Waals surface area contributed by atoms with Gasteiger partial charge in [-0.2, -0.15) is 0 Å². The summed E-state index contributed by atoms with van der Waals surface area (Å²) in [6.45, 7) is 4.72. The van der Waals surface area contributed by atoms with Gasteiger partial charge in [-0.15, -0.1) is 0 Å². The molecule has 0 unspecified atom stereocenters. The van der Waals surface area contributed by atoms with Crippen LogP contribution in [0.5, 0.6) is 0 Å². The highest BCUT2D eigenvalue weighted by Crippen LogP contribution is 2.26. The maximum atomic E-state index is 9.11. The molecule has 0 spiro atoms. The minimum atomic E-state index is 0.331. The highest BCUT2D eigenvalue weighted by molar-refractivity contribution is 5.18. The van der Waals surface area contributed by atoms with Crippen LogP contribution in [0, 0.1) is 5.92 Å². The van der Waals surface area contributed by atoms with Crippen LogP contribution in [0.2, 0.25) is 0 Å². The van der Waals surface area contributed by atoms with Crippen molar-refractivity contribution in [2.24, 2.45) is 5.92 Å². The Kier molecular flexibility index (Phi) is 3.39. The number of likely N-dealkylation sites (tertiary alicyclic amines) is 1. The van der Waals surface area contributed by atoms with E-state index in [1.807, 2.05) is 0 Å². The third kappa shape index (κ3) is 2.39. The summed E-state index contributed by atoms with van der Waals surface area (Å²) in [5.74, 6) is 0.483. The van der Waals surface area contributed by atoms with Gasteiger partial charge < -0.3 is 5.11 Å². The van der Waals surface area contributed by atoms with E-state index in [0.717, 1.165) is 19.5 Å². The Morgan fingerprint density at radius 1 is 1.40 bits per heavy atom. The number of benzene rings is 1. The SMILES string of the molecule is C[C@@H](c1ccccc1)N1CC[C@H](CO)C1. The number of nitrogens with zero attached hydrogens (tertiary/aromatic N) is 1. The molecule has 1 aliphatic rings. The largest absolute Gasteiger partial charge is 0.396 e. The predicted molar refractivity (Wildman–Crippen MR) is 61.6 cm³/mol. The Bertz CT molecular complexity index is 299. The Balaban J connectivity index is 2.00. The molecule has 0 aliphatic carbocycles. The van der Waals surface area contributed by atoms with Gasteiger partial charge in [-0.1, -0.05) is 30.3 Å². The van der Waals surface area contributed by atoms with Crippen LogP contribution in [0.25, 0.3) is 0 Å². The molecule has 2 heteroatoms. The monoisotopic (exact) mass is 205 g/mol. The molecule has 2 rings (SSSR count). The lowest BCUT2D eigenvalue weighted by molar-refractivity contribution is 0.204. The highest BCUT2D eigenvalue weighted by atomic mass is 16.3. The van der Waals surface area contributed by atoms with Crippen LogP contribution in [0.3, 0.4) is 0 Å². The van der Waals surface area contributed by atoms with Crippen molar-refractivity contribution in [1.29, 1.82) is 0 Å². The van der Waals surface area contributed by atoms with Gasteiger partial charge in [0.25, 0.3) is 0 Å². The van der Waals surface area contributed by atoms with Crippen LogP contribution in [-0.2, 0) is 0 Å². The zero-order chi connectivity index (χ0) is 10.7. The minimum Gasteiger partial charge on any atom is -0.396 e. The second-order valence-electron chi connectivity index (χ2n) is 4.42. The first-order chi connectivity index (χ1) is 7.31. The van der Waals surface area contributed by atoms with Crippen molar-refractivity contribution in [2.45, 2.75) is 19.4 Å². The van der Waals surface area contributed by atoms with Crippen LogP contribution in [-0.4, -0.2) is 29.7 Å². The third-order valence-electron chi connectivity index (χ3n) is 3.41. The molecule has 2 nitrogen and oxygen atoms in total. The zero-order valence-electron chi connectivity index (χ0n) is 9.26. The predicted octanol–water partition coefficient (Wildman–Crippen LogP) is 2.06. The second kappa shape index (κ2) is 4.77. The third-order valence-corrected chi connectivity index (χ3v) is 3.41. The molecule has 2 atom stereocenters. The smallest absolute Gasteiger partial charge is 0.0471 e. The normalized spacial score (nSPS) is 24.3. The summed E-state index contributed by atoms with van der Waals surface area (Å²) < 4.78 is 0. The Morgan fingerprint density at radius 2 is 2.13 bits per heavy atom. The van der Waals surface area contributed by atoms with Gasteiger partial charge >= 0.3 is 0 Å². The molecule has 1 saturated heterocycles. The topological polar surface area (TPSA) is 23.5 Å². The molecule has 0 bridgehead atoms. The summed E-state index contributed by atoms with van der Waals surface area (Å²) in [5.41, 5.74) is 1.37. The van der Waals surface area contributed by atoms with Gasteiger partial charge in [0.2, 0.25) is 0 Å². The van der Waals surface area contributed by atoms with Crippen molar-refractivity contribution in [3.63, 3.8) is 0 Å². The second-order valence-corrected chi connectivity index (χ2v) is 4.42. The van der Waals surface area contributed by atoms with Gasteiger partial charge in [-0.25, -0.2) is 0 Å². The van der Waals surface area contributed by atoms with Gasteiger partial charge in [0, 0.05) is 19.2 Å². The Labute approximate surface area is 91.5 Å². The summed E-state index contributed by atoms with van der Waals surface area (Å²) in [4.78, 5) is 2.45. The van der Waals surface area contributed by atoms with E-state index in [1.54, 1.807) is 0 Å². The zero-order valence-corrected chi connectivity index (χ0v) is 9.26. The fourth-order valence-electron chi connectivity index (χ4n) is 2.31. The Morgan fingerprint density at radius 3 is 2.73 bits per heavy atom. The summed E-state index contributed by atoms with van der Waals surface area (Å²) >= 11 is 0. The fourth-order valence-corrected chi connectivity index (χ4v) is 2.31. The number of aliphatic hydroxyl groups excluding tert-OH is 1. The molecule has 0 aromatic heterocycles. The average molecular weight is 205 g/mol. The van der Waals surface area contributed by atoms with Gasteiger partial charge in [0.1, 0.15) is 0 Å². The lowest BCUT2D eigenvalue weighted by Gasteiger charge is -2.24. The van der Waals surface area contributed by atoms with E-state index in [1.165, 1.54) is 5.56 Å². The van der Waals surface area contributed by atoms with E-state index >= 15 is 0 Å². The molecular formula is C13H19NO. The number of hydrogen-bond acceptors (Lipinski definition) is 2. The standard InChI is InChI=1S/C13H19NO/c1-11(13-5-3-2-4-6-13)14-8-7-12(9-14)10-15/h2-6,11-12,15H,7-10H2,1H3/t11-,12-/m0/s1. The van der Waals surface area contributed by atoms with Crippen molar-refractivity contribution >= 4 is 0 Å². The summed E-state index contributed by atoms with van der Waals surface area (Å²) in [7, 11) is 0. The summed E-state index contributed by atoms with van der Waals surface area (Å²) in [6.07, 6.45) is 1.13. The number of hydrogen-bond donors (Lipinski definition) is 1. The molecule has 0 radical (unpaired) electrons. The van der Waals surface area contributed by atoms with Crippen molar-refractivity contribution in [3.8, 4) is 0 Å². The first kappa shape index (κ1) is 10.7. The van der Waals surface area contributed by atoms with Crippen LogP contribution < -0.4 is 0 Å². The van der Waals surface area contributed by atoms with Crippen LogP contribution in [0.1, 0.15) is 24.9 Å². The number of rotatable bonds is 3. The molecule has 15 heavy (non-hydrogen) atoms. The van der Waals surface area contributed by atoms with E-state index in [4.69, 9.17) is 5.11 Å². The van der Waals surface area contributed by atoms with Crippen molar-refractivity contribution < 1.29 is 5.11 Å². The number of aliphatic hydroxyl groups is 1. The maximum Gasteiger partial charge on any atom is 0.0471 e. The van der Waals surface area contributed by atoms with E-state index in [9.17, 15) is 0 Å². The molecule has 1 heterocycles. The molecule has 1 aliphatic heterocycles. The van der Waals surface area contributed by atoms with E-state index in [2.05, 4.69) is 42.2 Å². The maximum absolute atomic E-state index is 9.11. The summed E-state index contributed by atoms with van der Waals surface area (Å²) in [5, 5.41) is 9.11. The van der Waals surface area contributed by atoms with Gasteiger partial charge in [-0.3, -0.25) is 4.90 Å². The molecule has 1 aromatic carbocycles. The van der Waals surface area contributed by atoms with E-state index in [-0.39, 0.29) is 0 Å². The minimum absolute atomic E-state index is 0.331. The first-order valence-corrected chi connectivity index (χ1v) is 5.71. The van der Waals surface area contributed by atoms with Crippen molar-refractivity contribution in [1.82, 2.24) is 4.90 Å². The van der Waals surface area contributed by atoms with E-state index in [0.29, 0.717) is 18.6 Å². The lowest BCUT2D eigenvalue weighted by Crippen LogP contribution is -2.25. The molecule has 1 fully saturated rings. The first-order valence-electron chi connectivity index (χ1n) is 5.71. The van der Waals surface area contributed by atoms with Crippen LogP contribution in [0.4, 0.5) is 0 Å². The fraction of sp³-hybridized carbons (Fsp3) is 0.538. The Hall–Kier alpha value is -0.860. The van der Waals surface area contributed by atoms with E-state index < -0.39 is 0 Å². The molecule has 82 valence electrons. The average Bonchev–Trinajstić information content (AvgIpc) is 2.78. The van der Waals surface area contributed by atoms with Crippen LogP contribution >= 0.6 is 0 Å². The molecule has 1 aromatic rings. The molecule has 1 N–H and O–H groups in total. The van der Waals surface area contributed by atoms with Crippen molar-refractivity contribution in [2.75, 3.05) is 19.7 Å². The van der Waals surface area contributed by atoms with Crippen molar-refractivity contribution in [3.05, 3.63) is 35.9 Å². The highest BCUT2D eigenvalue weighted by Gasteiger charge is 2.25. The summed E-state index contributed by atoms with van der Waals surface area (Å²) in [6, 6.07) is 11.1. The quantitative estimate of drug-likeness (QED) is 0.816. The van der Waals surface area contributed by atoms with Gasteiger partial charge in [0.15, 0.2) is 0 Å². The molecule has 0 amide bonds. The van der Waals surface area contributed by atoms with Crippen LogP contribution in [0.15, 0.2) is 30.3 Å². The van der Waals surface area contributed by atoms with Gasteiger partial charge in [0.05, 0.1) is 0 Å². The molecular weight excluding hydrogens is 186 g/mol.